The molecular weight excluding hydrogens is 362 g/mol. The molecule has 1 unspecified atom stereocenters. The van der Waals surface area contributed by atoms with Crippen LogP contribution in [0.25, 0.3) is 0 Å². The standard InChI is InChI=1S/C22H24F2N2O2/c23-18-6-2-16(3-7-18)20(17-4-8-19(24)9-5-17)25-13-11-22(14-25)10-1-12-26(15-22)21(27)28/h2-9,20H,1,10-15H2,(H,27,28). The van der Waals surface area contributed by atoms with Crippen molar-refractivity contribution in [1.29, 1.82) is 0 Å². The van der Waals surface area contributed by atoms with Crippen molar-refractivity contribution in [2.45, 2.75) is 25.3 Å². The minimum Gasteiger partial charge on any atom is -0.465 e. The number of amides is 1. The number of nitrogens with zero attached hydrogens (tertiary/aromatic N) is 2. The zero-order valence-corrected chi connectivity index (χ0v) is 15.7. The summed E-state index contributed by atoms with van der Waals surface area (Å²) in [6, 6.07) is 12.8. The molecule has 0 saturated carbocycles. The van der Waals surface area contributed by atoms with Crippen molar-refractivity contribution >= 4 is 6.09 Å². The molecule has 1 amide bonds. The first-order valence-electron chi connectivity index (χ1n) is 9.69. The molecule has 2 aromatic rings. The highest BCUT2D eigenvalue weighted by atomic mass is 19.1. The van der Waals surface area contributed by atoms with Gasteiger partial charge in [0.15, 0.2) is 0 Å². The fraction of sp³-hybridized carbons (Fsp3) is 0.409. The Bertz CT molecular complexity index is 795. The van der Waals surface area contributed by atoms with Gasteiger partial charge in [0.25, 0.3) is 0 Å². The zero-order valence-electron chi connectivity index (χ0n) is 15.7. The normalized spacial score (nSPS) is 22.9. The second-order valence-corrected chi connectivity index (χ2v) is 8.03. The molecule has 2 heterocycles. The molecule has 1 atom stereocenters. The van der Waals surface area contributed by atoms with Crippen molar-refractivity contribution in [1.82, 2.24) is 9.80 Å². The maximum Gasteiger partial charge on any atom is 0.407 e. The number of hydrogen-bond acceptors (Lipinski definition) is 2. The number of likely N-dealkylation sites (tertiary alicyclic amines) is 2. The van der Waals surface area contributed by atoms with Crippen molar-refractivity contribution in [2.24, 2.45) is 5.41 Å². The van der Waals surface area contributed by atoms with Gasteiger partial charge in [-0.3, -0.25) is 4.90 Å². The van der Waals surface area contributed by atoms with Crippen LogP contribution in [0.15, 0.2) is 48.5 Å². The van der Waals surface area contributed by atoms with E-state index in [9.17, 15) is 18.7 Å². The van der Waals surface area contributed by atoms with Crippen LogP contribution in [0.4, 0.5) is 13.6 Å². The third-order valence-corrected chi connectivity index (χ3v) is 6.14. The number of carboxylic acid groups (broad SMARTS) is 1. The van der Waals surface area contributed by atoms with E-state index in [0.717, 1.165) is 43.5 Å². The van der Waals surface area contributed by atoms with Gasteiger partial charge in [-0.15, -0.1) is 0 Å². The van der Waals surface area contributed by atoms with E-state index in [4.69, 9.17) is 0 Å². The number of rotatable bonds is 3. The lowest BCUT2D eigenvalue weighted by atomic mass is 9.79. The highest BCUT2D eigenvalue weighted by Crippen LogP contribution is 2.43. The highest BCUT2D eigenvalue weighted by molar-refractivity contribution is 5.65. The van der Waals surface area contributed by atoms with Gasteiger partial charge >= 0.3 is 6.09 Å². The van der Waals surface area contributed by atoms with Gasteiger partial charge in [0.1, 0.15) is 11.6 Å². The fourth-order valence-corrected chi connectivity index (χ4v) is 4.80. The van der Waals surface area contributed by atoms with Crippen LogP contribution in [0, 0.1) is 17.0 Å². The van der Waals surface area contributed by atoms with Gasteiger partial charge in [-0.2, -0.15) is 0 Å². The predicted molar refractivity (Wildman–Crippen MR) is 102 cm³/mol. The molecule has 4 rings (SSSR count). The molecule has 6 heteroatoms. The van der Waals surface area contributed by atoms with Crippen LogP contribution in [0.2, 0.25) is 0 Å². The number of piperidine rings is 1. The lowest BCUT2D eigenvalue weighted by molar-refractivity contribution is 0.0784. The highest BCUT2D eigenvalue weighted by Gasteiger charge is 2.44. The summed E-state index contributed by atoms with van der Waals surface area (Å²) < 4.78 is 26.9. The lowest BCUT2D eigenvalue weighted by Gasteiger charge is -2.40. The molecule has 2 saturated heterocycles. The largest absolute Gasteiger partial charge is 0.465 e. The number of benzene rings is 2. The van der Waals surface area contributed by atoms with Crippen LogP contribution < -0.4 is 0 Å². The Morgan fingerprint density at radius 1 is 0.893 bits per heavy atom. The summed E-state index contributed by atoms with van der Waals surface area (Å²) in [6.07, 6.45) is 1.95. The Morgan fingerprint density at radius 3 is 2.00 bits per heavy atom. The summed E-state index contributed by atoms with van der Waals surface area (Å²) in [5, 5.41) is 9.41. The first-order valence-corrected chi connectivity index (χ1v) is 9.69. The molecule has 2 aliphatic rings. The molecule has 2 fully saturated rings. The summed E-state index contributed by atoms with van der Waals surface area (Å²) in [5.74, 6) is -0.576. The third kappa shape index (κ3) is 3.74. The van der Waals surface area contributed by atoms with Crippen LogP contribution >= 0.6 is 0 Å². The maximum absolute atomic E-state index is 13.5. The van der Waals surface area contributed by atoms with Crippen LogP contribution in [0.1, 0.15) is 36.4 Å². The summed E-state index contributed by atoms with van der Waals surface area (Å²) in [7, 11) is 0. The van der Waals surface area contributed by atoms with E-state index in [0.29, 0.717) is 13.1 Å². The van der Waals surface area contributed by atoms with Gasteiger partial charge in [0, 0.05) is 25.0 Å². The summed E-state index contributed by atoms with van der Waals surface area (Å²) in [5.41, 5.74) is 1.86. The Morgan fingerprint density at radius 2 is 1.46 bits per heavy atom. The van der Waals surface area contributed by atoms with Crippen molar-refractivity contribution in [3.05, 3.63) is 71.3 Å². The quantitative estimate of drug-likeness (QED) is 0.844. The molecule has 0 bridgehead atoms. The number of halogens is 2. The predicted octanol–water partition coefficient (Wildman–Crippen LogP) is 4.52. The SMILES string of the molecule is O=C(O)N1CCCC2(CCN(C(c3ccc(F)cc3)c3ccc(F)cc3)C2)C1. The Labute approximate surface area is 163 Å². The van der Waals surface area contributed by atoms with Crippen LogP contribution in [-0.4, -0.2) is 47.2 Å². The van der Waals surface area contributed by atoms with E-state index in [-0.39, 0.29) is 23.1 Å². The van der Waals surface area contributed by atoms with Gasteiger partial charge in [-0.05, 0) is 61.2 Å². The average Bonchev–Trinajstić information content (AvgIpc) is 3.07. The molecule has 2 aliphatic heterocycles. The van der Waals surface area contributed by atoms with Gasteiger partial charge in [-0.25, -0.2) is 13.6 Å². The van der Waals surface area contributed by atoms with Crippen molar-refractivity contribution < 1.29 is 18.7 Å². The van der Waals surface area contributed by atoms with E-state index in [2.05, 4.69) is 4.90 Å². The van der Waals surface area contributed by atoms with Crippen molar-refractivity contribution in [3.8, 4) is 0 Å². The van der Waals surface area contributed by atoms with E-state index >= 15 is 0 Å². The minimum atomic E-state index is -0.855. The second-order valence-electron chi connectivity index (χ2n) is 8.03. The van der Waals surface area contributed by atoms with Gasteiger partial charge in [-0.1, -0.05) is 24.3 Å². The van der Waals surface area contributed by atoms with Gasteiger partial charge in [0.2, 0.25) is 0 Å². The minimum absolute atomic E-state index is 0.0467. The van der Waals surface area contributed by atoms with E-state index in [1.54, 1.807) is 24.3 Å². The number of hydrogen-bond donors (Lipinski definition) is 1. The molecule has 1 N–H and O–H groups in total. The second kappa shape index (κ2) is 7.51. The van der Waals surface area contributed by atoms with Crippen LogP contribution in [0.5, 0.6) is 0 Å². The molecule has 0 aliphatic carbocycles. The molecule has 2 aromatic carbocycles. The summed E-state index contributed by atoms with van der Waals surface area (Å²) >= 11 is 0. The van der Waals surface area contributed by atoms with Crippen molar-refractivity contribution in [2.75, 3.05) is 26.2 Å². The molecule has 0 radical (unpaired) electrons. The van der Waals surface area contributed by atoms with Crippen LogP contribution in [-0.2, 0) is 0 Å². The van der Waals surface area contributed by atoms with Gasteiger partial charge in [0.05, 0.1) is 6.04 Å². The molecule has 28 heavy (non-hydrogen) atoms. The summed E-state index contributed by atoms with van der Waals surface area (Å²) in [6.45, 7) is 2.75. The first kappa shape index (κ1) is 18.9. The van der Waals surface area contributed by atoms with Crippen molar-refractivity contribution in [3.63, 3.8) is 0 Å². The molecular formula is C22H24F2N2O2. The first-order chi connectivity index (χ1) is 13.5. The molecule has 4 nitrogen and oxygen atoms in total. The molecule has 0 aromatic heterocycles. The Kier molecular flexibility index (Phi) is 5.06. The Hall–Kier alpha value is -2.47. The van der Waals surface area contributed by atoms with Crippen LogP contribution in [0.3, 0.4) is 0 Å². The Balaban J connectivity index is 1.63. The van der Waals surface area contributed by atoms with E-state index < -0.39 is 6.09 Å². The van der Waals surface area contributed by atoms with E-state index in [1.807, 2.05) is 0 Å². The monoisotopic (exact) mass is 386 g/mol. The zero-order chi connectivity index (χ0) is 19.7. The molecule has 1 spiro atoms. The fourth-order valence-electron chi connectivity index (χ4n) is 4.80. The lowest BCUT2D eigenvalue weighted by Crippen LogP contribution is -2.47. The van der Waals surface area contributed by atoms with Gasteiger partial charge < -0.3 is 10.0 Å². The third-order valence-electron chi connectivity index (χ3n) is 6.14. The number of carbonyl (C=O) groups is 1. The summed E-state index contributed by atoms with van der Waals surface area (Å²) in [4.78, 5) is 15.3. The topological polar surface area (TPSA) is 43.8 Å². The van der Waals surface area contributed by atoms with E-state index in [1.165, 1.54) is 29.2 Å². The smallest absolute Gasteiger partial charge is 0.407 e. The maximum atomic E-state index is 13.5. The molecule has 148 valence electrons. The average molecular weight is 386 g/mol.